The van der Waals surface area contributed by atoms with Crippen molar-refractivity contribution < 1.29 is 9.47 Å². The number of rotatable bonds is 5. The van der Waals surface area contributed by atoms with Crippen LogP contribution in [0.5, 0.6) is 11.5 Å². The largest absolute Gasteiger partial charge is 0.497 e. The second-order valence-corrected chi connectivity index (χ2v) is 4.45. The zero-order valence-corrected chi connectivity index (χ0v) is 12.1. The number of nitrogens with zero attached hydrogens (tertiary/aromatic N) is 1. The molecule has 0 aromatic heterocycles. The number of hydrogen-bond donors (Lipinski definition) is 1. The summed E-state index contributed by atoms with van der Waals surface area (Å²) in [7, 11) is 3.64. The second-order valence-electron chi connectivity index (χ2n) is 4.45. The molecule has 0 unspecified atom stereocenters. The van der Waals surface area contributed by atoms with Crippen molar-refractivity contribution >= 4 is 17.1 Å². The van der Waals surface area contributed by atoms with Gasteiger partial charge in [-0.05, 0) is 25.1 Å². The lowest BCUT2D eigenvalue weighted by atomic mass is 10.2. The molecule has 0 radical (unpaired) electrons. The lowest BCUT2D eigenvalue weighted by Crippen LogP contribution is -2.10. The molecule has 0 heterocycles. The van der Waals surface area contributed by atoms with Crippen LogP contribution in [-0.4, -0.2) is 20.8 Å². The molecule has 2 aromatic rings. The van der Waals surface area contributed by atoms with Crippen LogP contribution in [0.1, 0.15) is 6.92 Å². The smallest absolute Gasteiger partial charge is 0.123 e. The summed E-state index contributed by atoms with van der Waals surface area (Å²) in [6.45, 7) is 2.57. The Morgan fingerprint density at radius 1 is 1.05 bits per heavy atom. The molecule has 4 heteroatoms. The number of benzene rings is 2. The Morgan fingerprint density at radius 2 is 1.80 bits per heavy atom. The summed E-state index contributed by atoms with van der Waals surface area (Å²) in [6, 6.07) is 13.6. The van der Waals surface area contributed by atoms with E-state index >= 15 is 0 Å². The Labute approximate surface area is 119 Å². The monoisotopic (exact) mass is 272 g/mol. The predicted octanol–water partition coefficient (Wildman–Crippen LogP) is 3.44. The molecule has 20 heavy (non-hydrogen) atoms. The Bertz CT molecular complexity index is 584. The molecule has 0 saturated carbocycles. The van der Waals surface area contributed by atoms with E-state index in [0.29, 0.717) is 12.3 Å². The average Bonchev–Trinajstić information content (AvgIpc) is 2.46. The summed E-state index contributed by atoms with van der Waals surface area (Å²) in [5, 5.41) is 0. The van der Waals surface area contributed by atoms with E-state index in [4.69, 9.17) is 15.2 Å². The van der Waals surface area contributed by atoms with Gasteiger partial charge in [0.05, 0.1) is 13.7 Å². The highest BCUT2D eigenvalue weighted by Crippen LogP contribution is 2.31. The van der Waals surface area contributed by atoms with Gasteiger partial charge in [0, 0.05) is 42.3 Å². The third kappa shape index (κ3) is 3.15. The van der Waals surface area contributed by atoms with Crippen LogP contribution in [0, 0.1) is 0 Å². The first-order valence-electron chi connectivity index (χ1n) is 6.55. The molecule has 0 aliphatic heterocycles. The van der Waals surface area contributed by atoms with Crippen molar-refractivity contribution in [2.75, 3.05) is 31.4 Å². The topological polar surface area (TPSA) is 47.7 Å². The van der Waals surface area contributed by atoms with Crippen molar-refractivity contribution in [2.24, 2.45) is 0 Å². The van der Waals surface area contributed by atoms with Gasteiger partial charge in [0.15, 0.2) is 0 Å². The molecule has 4 nitrogen and oxygen atoms in total. The number of anilines is 3. The number of nitrogen functional groups attached to an aromatic ring is 1. The predicted molar refractivity (Wildman–Crippen MR) is 83.1 cm³/mol. The van der Waals surface area contributed by atoms with Gasteiger partial charge in [-0.2, -0.15) is 0 Å². The van der Waals surface area contributed by atoms with Crippen molar-refractivity contribution in [1.82, 2.24) is 0 Å². The molecule has 0 amide bonds. The van der Waals surface area contributed by atoms with Gasteiger partial charge >= 0.3 is 0 Å². The zero-order chi connectivity index (χ0) is 14.5. The molecule has 0 fully saturated rings. The summed E-state index contributed by atoms with van der Waals surface area (Å²) in [5.41, 5.74) is 8.61. The van der Waals surface area contributed by atoms with E-state index in [-0.39, 0.29) is 0 Å². The van der Waals surface area contributed by atoms with E-state index < -0.39 is 0 Å². The van der Waals surface area contributed by atoms with Crippen molar-refractivity contribution in [3.8, 4) is 11.5 Å². The molecule has 0 atom stereocenters. The quantitative estimate of drug-likeness (QED) is 0.847. The van der Waals surface area contributed by atoms with E-state index in [0.717, 1.165) is 22.9 Å². The molecule has 0 spiro atoms. The molecule has 106 valence electrons. The van der Waals surface area contributed by atoms with Gasteiger partial charge in [-0.25, -0.2) is 0 Å². The minimum absolute atomic E-state index is 0.617. The summed E-state index contributed by atoms with van der Waals surface area (Å²) in [6.07, 6.45) is 0. The normalized spacial score (nSPS) is 10.2. The molecule has 0 aliphatic carbocycles. The molecule has 0 aliphatic rings. The average molecular weight is 272 g/mol. The number of ether oxygens (including phenoxy) is 2. The number of hydrogen-bond acceptors (Lipinski definition) is 4. The highest BCUT2D eigenvalue weighted by atomic mass is 16.5. The van der Waals surface area contributed by atoms with Gasteiger partial charge in [0.1, 0.15) is 11.5 Å². The molecule has 2 aromatic carbocycles. The summed E-state index contributed by atoms with van der Waals surface area (Å²) >= 11 is 0. The SMILES string of the molecule is CCOc1cc(N)cc(N(C)c2cccc(OC)c2)c1. The highest BCUT2D eigenvalue weighted by Gasteiger charge is 2.08. The van der Waals surface area contributed by atoms with Gasteiger partial charge in [-0.3, -0.25) is 0 Å². The lowest BCUT2D eigenvalue weighted by molar-refractivity contribution is 0.340. The van der Waals surface area contributed by atoms with Gasteiger partial charge in [-0.1, -0.05) is 6.07 Å². The Kier molecular flexibility index (Phi) is 4.35. The van der Waals surface area contributed by atoms with Gasteiger partial charge in [0.2, 0.25) is 0 Å². The minimum atomic E-state index is 0.617. The number of methoxy groups -OCH3 is 1. The zero-order valence-electron chi connectivity index (χ0n) is 12.1. The van der Waals surface area contributed by atoms with Crippen molar-refractivity contribution in [2.45, 2.75) is 6.92 Å². The molecule has 2 rings (SSSR count). The number of nitrogens with two attached hydrogens (primary N) is 1. The first-order chi connectivity index (χ1) is 9.63. The van der Waals surface area contributed by atoms with Crippen LogP contribution in [0.25, 0.3) is 0 Å². The van der Waals surface area contributed by atoms with Crippen LogP contribution in [-0.2, 0) is 0 Å². The Balaban J connectivity index is 2.34. The molecule has 0 saturated heterocycles. The molecular weight excluding hydrogens is 252 g/mol. The van der Waals surface area contributed by atoms with Gasteiger partial charge in [0.25, 0.3) is 0 Å². The maximum Gasteiger partial charge on any atom is 0.123 e. The summed E-state index contributed by atoms with van der Waals surface area (Å²) < 4.78 is 10.8. The Hall–Kier alpha value is -2.36. The van der Waals surface area contributed by atoms with Crippen LogP contribution in [0.4, 0.5) is 17.1 Å². The fourth-order valence-corrected chi connectivity index (χ4v) is 2.02. The first-order valence-corrected chi connectivity index (χ1v) is 6.55. The fraction of sp³-hybridized carbons (Fsp3) is 0.250. The van der Waals surface area contributed by atoms with Crippen LogP contribution < -0.4 is 20.1 Å². The van der Waals surface area contributed by atoms with Crippen molar-refractivity contribution in [3.63, 3.8) is 0 Å². The van der Waals surface area contributed by atoms with Crippen molar-refractivity contribution in [1.29, 1.82) is 0 Å². The second kappa shape index (κ2) is 6.19. The van der Waals surface area contributed by atoms with Gasteiger partial charge < -0.3 is 20.1 Å². The maximum atomic E-state index is 5.93. The van der Waals surface area contributed by atoms with Crippen LogP contribution in [0.2, 0.25) is 0 Å². The Morgan fingerprint density at radius 3 is 2.50 bits per heavy atom. The fourth-order valence-electron chi connectivity index (χ4n) is 2.02. The van der Waals surface area contributed by atoms with Crippen LogP contribution >= 0.6 is 0 Å². The van der Waals surface area contributed by atoms with E-state index in [1.54, 1.807) is 7.11 Å². The van der Waals surface area contributed by atoms with E-state index in [1.807, 2.05) is 61.3 Å². The third-order valence-corrected chi connectivity index (χ3v) is 3.05. The van der Waals surface area contributed by atoms with Gasteiger partial charge in [-0.15, -0.1) is 0 Å². The molecular formula is C16H20N2O2. The maximum absolute atomic E-state index is 5.93. The third-order valence-electron chi connectivity index (χ3n) is 3.05. The summed E-state index contributed by atoms with van der Waals surface area (Å²) in [4.78, 5) is 2.04. The van der Waals surface area contributed by atoms with Crippen molar-refractivity contribution in [3.05, 3.63) is 42.5 Å². The summed E-state index contributed by atoms with van der Waals surface area (Å²) in [5.74, 6) is 1.60. The first kappa shape index (κ1) is 14.1. The van der Waals surface area contributed by atoms with Crippen LogP contribution in [0.3, 0.4) is 0 Å². The van der Waals surface area contributed by atoms with E-state index in [2.05, 4.69) is 0 Å². The molecule has 2 N–H and O–H groups in total. The standard InChI is InChI=1S/C16H20N2O2/c1-4-20-16-9-12(17)8-14(11-16)18(2)13-6-5-7-15(10-13)19-3/h5-11H,4,17H2,1-3H3. The molecule has 0 bridgehead atoms. The van der Waals surface area contributed by atoms with E-state index in [1.165, 1.54) is 0 Å². The minimum Gasteiger partial charge on any atom is -0.497 e. The van der Waals surface area contributed by atoms with Crippen LogP contribution in [0.15, 0.2) is 42.5 Å². The highest BCUT2D eigenvalue weighted by molar-refractivity contribution is 5.69. The lowest BCUT2D eigenvalue weighted by Gasteiger charge is -2.21. The van der Waals surface area contributed by atoms with E-state index in [9.17, 15) is 0 Å².